The van der Waals surface area contributed by atoms with Crippen LogP contribution >= 0.6 is 23.2 Å². The molecule has 0 aliphatic heterocycles. The Morgan fingerprint density at radius 1 is 1.06 bits per heavy atom. The number of hydrogen-bond acceptors (Lipinski definition) is 4. The number of aryl methyl sites for hydroxylation is 2. The van der Waals surface area contributed by atoms with Gasteiger partial charge < -0.3 is 5.11 Å². The molecule has 2 heterocycles. The Kier molecular flexibility index (Phi) is 8.65. The van der Waals surface area contributed by atoms with Crippen LogP contribution in [0, 0.1) is 5.92 Å². The number of imidazole rings is 1. The summed E-state index contributed by atoms with van der Waals surface area (Å²) in [5.41, 5.74) is 2.40. The lowest BCUT2D eigenvalue weighted by atomic mass is 9.98. The highest BCUT2D eigenvalue weighted by atomic mass is 35.5. The number of aliphatic carboxylic acids is 1. The highest BCUT2D eigenvalue weighted by Gasteiger charge is 2.22. The number of nitrogens with zero attached hydrogens (tertiary/aromatic N) is 3. The van der Waals surface area contributed by atoms with E-state index in [1.165, 1.54) is 11.8 Å². The highest BCUT2D eigenvalue weighted by molar-refractivity contribution is 6.30. The van der Waals surface area contributed by atoms with Crippen LogP contribution < -0.4 is 0 Å². The molecule has 170 valence electrons. The molecule has 0 saturated carbocycles. The van der Waals surface area contributed by atoms with Crippen LogP contribution in [0.25, 0.3) is 5.78 Å². The number of carbonyl (C=O) groups excluding carboxylic acids is 1. The number of carboxylic acid groups (broad SMARTS) is 1. The molecule has 3 aromatic rings. The maximum absolute atomic E-state index is 13.0. The number of ketones is 1. The van der Waals surface area contributed by atoms with Crippen LogP contribution in [-0.2, 0) is 17.6 Å². The molecular formula is C24H27Cl2N3O3. The van der Waals surface area contributed by atoms with Gasteiger partial charge in [-0.1, -0.05) is 55.1 Å². The molecule has 8 heteroatoms. The molecule has 0 saturated heterocycles. The zero-order valence-corrected chi connectivity index (χ0v) is 19.6. The zero-order chi connectivity index (χ0) is 23.1. The van der Waals surface area contributed by atoms with E-state index in [1.807, 2.05) is 18.2 Å². The third kappa shape index (κ3) is 6.78. The molecule has 0 aliphatic rings. The van der Waals surface area contributed by atoms with Gasteiger partial charge in [0.2, 0.25) is 5.78 Å². The summed E-state index contributed by atoms with van der Waals surface area (Å²) in [5, 5.41) is 10.2. The molecule has 32 heavy (non-hydrogen) atoms. The van der Waals surface area contributed by atoms with Gasteiger partial charge in [-0.05, 0) is 49.3 Å². The molecule has 0 amide bonds. The quantitative estimate of drug-likeness (QED) is 0.254. The molecule has 3 rings (SSSR count). The number of carboxylic acids is 1. The van der Waals surface area contributed by atoms with Crippen molar-refractivity contribution in [1.82, 2.24) is 14.4 Å². The van der Waals surface area contributed by atoms with E-state index in [2.05, 4.69) is 16.0 Å². The highest BCUT2D eigenvalue weighted by Crippen LogP contribution is 2.21. The summed E-state index contributed by atoms with van der Waals surface area (Å²) >= 11 is 12.1. The normalized spacial score (nSPS) is 12.2. The molecule has 1 N–H and O–H groups in total. The maximum Gasteiger partial charge on any atom is 0.303 e. The molecular weight excluding hydrogens is 449 g/mol. The smallest absolute Gasteiger partial charge is 0.303 e. The monoisotopic (exact) mass is 475 g/mol. The number of halogens is 2. The van der Waals surface area contributed by atoms with Crippen LogP contribution in [0.5, 0.6) is 0 Å². The van der Waals surface area contributed by atoms with Crippen LogP contribution in [0.4, 0.5) is 0 Å². The Morgan fingerprint density at radius 2 is 1.81 bits per heavy atom. The van der Waals surface area contributed by atoms with Crippen molar-refractivity contribution >= 4 is 40.7 Å². The summed E-state index contributed by atoms with van der Waals surface area (Å²) in [4.78, 5) is 32.8. The summed E-state index contributed by atoms with van der Waals surface area (Å²) in [6.07, 6.45) is 8.94. The third-order valence-corrected chi connectivity index (χ3v) is 5.79. The van der Waals surface area contributed by atoms with E-state index < -0.39 is 5.97 Å². The average molecular weight is 476 g/mol. The molecule has 0 bridgehead atoms. The van der Waals surface area contributed by atoms with Gasteiger partial charge in [0.1, 0.15) is 5.69 Å². The van der Waals surface area contributed by atoms with E-state index in [-0.39, 0.29) is 24.5 Å². The van der Waals surface area contributed by atoms with Crippen LogP contribution in [0.2, 0.25) is 10.0 Å². The van der Waals surface area contributed by atoms with Crippen molar-refractivity contribution in [3.8, 4) is 0 Å². The second-order valence-corrected chi connectivity index (χ2v) is 9.10. The summed E-state index contributed by atoms with van der Waals surface area (Å²) < 4.78 is 1.63. The van der Waals surface area contributed by atoms with Gasteiger partial charge in [-0.3, -0.25) is 14.0 Å². The number of fused-ring (bicyclic) bond motifs is 1. The van der Waals surface area contributed by atoms with Crippen molar-refractivity contribution in [2.75, 3.05) is 0 Å². The second-order valence-electron chi connectivity index (χ2n) is 8.22. The Bertz CT molecular complexity index is 1100. The van der Waals surface area contributed by atoms with Crippen molar-refractivity contribution in [2.45, 2.75) is 58.3 Å². The molecule has 0 fully saturated rings. The van der Waals surface area contributed by atoms with Gasteiger partial charge in [-0.2, -0.15) is 0 Å². The molecule has 1 unspecified atom stereocenters. The first kappa shape index (κ1) is 24.2. The van der Waals surface area contributed by atoms with Gasteiger partial charge in [0, 0.05) is 24.1 Å². The number of unbranched alkanes of at least 4 members (excludes halogenated alkanes) is 3. The maximum atomic E-state index is 13.0. The van der Waals surface area contributed by atoms with E-state index in [4.69, 9.17) is 28.3 Å². The summed E-state index contributed by atoms with van der Waals surface area (Å²) in [6, 6.07) is 7.93. The summed E-state index contributed by atoms with van der Waals surface area (Å²) in [5.74, 6) is -0.881. The first-order chi connectivity index (χ1) is 15.3. The average Bonchev–Trinajstić information content (AvgIpc) is 3.07. The van der Waals surface area contributed by atoms with Crippen molar-refractivity contribution in [3.63, 3.8) is 0 Å². The molecule has 2 aromatic heterocycles. The van der Waals surface area contributed by atoms with E-state index in [9.17, 15) is 9.59 Å². The molecule has 0 spiro atoms. The van der Waals surface area contributed by atoms with Gasteiger partial charge in [0.05, 0.1) is 16.9 Å². The lowest BCUT2D eigenvalue weighted by Gasteiger charge is -2.09. The molecule has 6 nitrogen and oxygen atoms in total. The summed E-state index contributed by atoms with van der Waals surface area (Å²) in [6.45, 7) is 1.76. The number of carbonyl (C=O) groups is 2. The number of hydrogen-bond donors (Lipinski definition) is 1. The van der Waals surface area contributed by atoms with Gasteiger partial charge >= 0.3 is 5.97 Å². The van der Waals surface area contributed by atoms with Crippen LogP contribution in [0.3, 0.4) is 0 Å². The number of rotatable bonds is 12. The van der Waals surface area contributed by atoms with Crippen molar-refractivity contribution in [2.24, 2.45) is 5.92 Å². The lowest BCUT2D eigenvalue weighted by Crippen LogP contribution is -2.13. The molecule has 0 aliphatic carbocycles. The fraction of sp³-hybridized carbons (Fsp3) is 0.417. The fourth-order valence-corrected chi connectivity index (χ4v) is 4.24. The number of aromatic nitrogens is 3. The molecule has 1 aromatic carbocycles. The van der Waals surface area contributed by atoms with E-state index in [0.29, 0.717) is 28.6 Å². The van der Waals surface area contributed by atoms with Gasteiger partial charge in [-0.15, -0.1) is 0 Å². The van der Waals surface area contributed by atoms with Crippen molar-refractivity contribution in [3.05, 3.63) is 63.7 Å². The number of benzene rings is 1. The minimum Gasteiger partial charge on any atom is -0.481 e. The standard InChI is InChI=1S/C24H27Cl2N3O3/c1-16(12-22(31)32)11-21(30)23-20(28-24-27-14-19(26)15-29(23)24)10-5-3-2-4-7-17-8-6-9-18(25)13-17/h6,8-9,13-16H,2-5,7,10-12H2,1H3,(H,31,32). The molecule has 0 radical (unpaired) electrons. The topological polar surface area (TPSA) is 84.6 Å². The van der Waals surface area contributed by atoms with Gasteiger partial charge in [0.15, 0.2) is 5.78 Å². The van der Waals surface area contributed by atoms with E-state index in [0.717, 1.165) is 37.1 Å². The van der Waals surface area contributed by atoms with Crippen molar-refractivity contribution < 1.29 is 14.7 Å². The predicted molar refractivity (Wildman–Crippen MR) is 126 cm³/mol. The van der Waals surface area contributed by atoms with Crippen LogP contribution in [0.15, 0.2) is 36.7 Å². The Labute approximate surface area is 197 Å². The first-order valence-corrected chi connectivity index (χ1v) is 11.6. The Morgan fingerprint density at radius 3 is 2.53 bits per heavy atom. The lowest BCUT2D eigenvalue weighted by molar-refractivity contribution is -0.137. The van der Waals surface area contributed by atoms with E-state index in [1.54, 1.807) is 17.5 Å². The Hall–Kier alpha value is -2.44. The SMILES string of the molecule is CC(CC(=O)O)CC(=O)c1c(CCCCCCc2cccc(Cl)c2)nc2ncc(Cl)cn12. The van der Waals surface area contributed by atoms with Gasteiger partial charge in [-0.25, -0.2) is 9.97 Å². The fourth-order valence-electron chi connectivity index (χ4n) is 3.88. The van der Waals surface area contributed by atoms with Gasteiger partial charge in [0.25, 0.3) is 0 Å². The minimum atomic E-state index is -0.911. The first-order valence-electron chi connectivity index (χ1n) is 10.9. The summed E-state index contributed by atoms with van der Waals surface area (Å²) in [7, 11) is 0. The minimum absolute atomic E-state index is 0.0521. The van der Waals surface area contributed by atoms with Crippen molar-refractivity contribution in [1.29, 1.82) is 0 Å². The number of Topliss-reactive ketones (excluding diaryl/α,β-unsaturated/α-hetero) is 1. The largest absolute Gasteiger partial charge is 0.481 e. The second kappa shape index (κ2) is 11.4. The Balaban J connectivity index is 1.62. The van der Waals surface area contributed by atoms with E-state index >= 15 is 0 Å². The predicted octanol–water partition coefficient (Wildman–Crippen LogP) is 6.07. The van der Waals surface area contributed by atoms with Crippen LogP contribution in [-0.4, -0.2) is 31.2 Å². The zero-order valence-electron chi connectivity index (χ0n) is 18.1. The third-order valence-electron chi connectivity index (χ3n) is 5.36. The van der Waals surface area contributed by atoms with Crippen LogP contribution in [0.1, 0.15) is 67.2 Å². The molecule has 1 atom stereocenters.